The third kappa shape index (κ3) is 3.70. The standard InChI is InChI=1S/C22H17ClN4O2/c1-14-19(21(23)27(26-14)17-9-3-2-4-10-17)13-24-25-22(29)18-11-15-7-5-6-8-16(15)12-20(18)28/h2-13,28H,1H3,(H,25,29). The second-order valence-corrected chi connectivity index (χ2v) is 6.81. The molecule has 1 heterocycles. The summed E-state index contributed by atoms with van der Waals surface area (Å²) in [4.78, 5) is 12.5. The number of phenolic OH excluding ortho intramolecular Hbond substituents is 1. The summed E-state index contributed by atoms with van der Waals surface area (Å²) in [7, 11) is 0. The number of nitrogens with zero attached hydrogens (tertiary/aromatic N) is 3. The van der Waals surface area contributed by atoms with E-state index < -0.39 is 5.91 Å². The summed E-state index contributed by atoms with van der Waals surface area (Å²) in [5, 5.41) is 20.7. The van der Waals surface area contributed by atoms with Crippen LogP contribution in [0.15, 0.2) is 71.8 Å². The summed E-state index contributed by atoms with van der Waals surface area (Å²) in [6.07, 6.45) is 1.44. The molecule has 0 bridgehead atoms. The molecule has 1 amide bonds. The molecule has 0 spiro atoms. The molecule has 2 N–H and O–H groups in total. The van der Waals surface area contributed by atoms with E-state index in [0.717, 1.165) is 16.5 Å². The van der Waals surface area contributed by atoms with Crippen LogP contribution < -0.4 is 5.43 Å². The van der Waals surface area contributed by atoms with E-state index in [0.29, 0.717) is 16.4 Å². The first-order valence-corrected chi connectivity index (χ1v) is 9.28. The Balaban J connectivity index is 1.56. The summed E-state index contributed by atoms with van der Waals surface area (Å²) >= 11 is 6.44. The van der Waals surface area contributed by atoms with Gasteiger partial charge in [0.25, 0.3) is 5.91 Å². The fraction of sp³-hybridized carbons (Fsp3) is 0.0455. The van der Waals surface area contributed by atoms with Gasteiger partial charge in [-0.15, -0.1) is 0 Å². The van der Waals surface area contributed by atoms with Crippen molar-refractivity contribution in [3.05, 3.63) is 88.7 Å². The Labute approximate surface area is 172 Å². The highest BCUT2D eigenvalue weighted by Crippen LogP contribution is 2.25. The molecule has 7 heteroatoms. The minimum Gasteiger partial charge on any atom is -0.507 e. The van der Waals surface area contributed by atoms with Gasteiger partial charge in [0.15, 0.2) is 0 Å². The molecule has 0 aliphatic heterocycles. The molecule has 0 fully saturated rings. The number of aromatic nitrogens is 2. The topological polar surface area (TPSA) is 79.5 Å². The number of hydrogen-bond acceptors (Lipinski definition) is 4. The number of hydrogen-bond donors (Lipinski definition) is 2. The number of fused-ring (bicyclic) bond motifs is 1. The van der Waals surface area contributed by atoms with Crippen LogP contribution in [0.25, 0.3) is 16.5 Å². The molecule has 0 radical (unpaired) electrons. The zero-order valence-corrected chi connectivity index (χ0v) is 16.3. The van der Waals surface area contributed by atoms with E-state index in [-0.39, 0.29) is 11.3 Å². The van der Waals surface area contributed by atoms with Gasteiger partial charge in [0, 0.05) is 0 Å². The lowest BCUT2D eigenvalue weighted by Crippen LogP contribution is -2.17. The number of benzene rings is 3. The van der Waals surface area contributed by atoms with Crippen LogP contribution in [0.3, 0.4) is 0 Å². The monoisotopic (exact) mass is 404 g/mol. The minimum atomic E-state index is -0.520. The SMILES string of the molecule is Cc1nn(-c2ccccc2)c(Cl)c1C=NNC(=O)c1cc2ccccc2cc1O. The van der Waals surface area contributed by atoms with Gasteiger partial charge in [-0.2, -0.15) is 10.2 Å². The van der Waals surface area contributed by atoms with Crippen LogP contribution >= 0.6 is 11.6 Å². The van der Waals surface area contributed by atoms with E-state index >= 15 is 0 Å². The van der Waals surface area contributed by atoms with Crippen molar-refractivity contribution < 1.29 is 9.90 Å². The van der Waals surface area contributed by atoms with Gasteiger partial charge < -0.3 is 5.11 Å². The van der Waals surface area contributed by atoms with Gasteiger partial charge in [0.1, 0.15) is 10.9 Å². The second-order valence-electron chi connectivity index (χ2n) is 6.45. The number of rotatable bonds is 4. The molecule has 6 nitrogen and oxygen atoms in total. The quantitative estimate of drug-likeness (QED) is 0.389. The number of aryl methyl sites for hydroxylation is 1. The number of carbonyl (C=O) groups is 1. The molecular weight excluding hydrogens is 388 g/mol. The molecule has 0 unspecified atom stereocenters. The van der Waals surface area contributed by atoms with Crippen molar-refractivity contribution in [2.45, 2.75) is 6.92 Å². The van der Waals surface area contributed by atoms with Crippen LogP contribution in [0.1, 0.15) is 21.6 Å². The predicted octanol–water partition coefficient (Wildman–Crippen LogP) is 4.46. The number of halogens is 1. The number of hydrazone groups is 1. The molecule has 29 heavy (non-hydrogen) atoms. The predicted molar refractivity (Wildman–Crippen MR) is 114 cm³/mol. The Morgan fingerprint density at radius 1 is 1.10 bits per heavy atom. The van der Waals surface area contributed by atoms with Crippen molar-refractivity contribution in [1.29, 1.82) is 0 Å². The van der Waals surface area contributed by atoms with Crippen molar-refractivity contribution in [3.63, 3.8) is 0 Å². The van der Waals surface area contributed by atoms with Crippen LogP contribution in [-0.4, -0.2) is 27.0 Å². The first-order valence-electron chi connectivity index (χ1n) is 8.90. The average molecular weight is 405 g/mol. The van der Waals surface area contributed by atoms with E-state index in [1.165, 1.54) is 6.21 Å². The lowest BCUT2D eigenvalue weighted by molar-refractivity contribution is 0.0952. The molecule has 0 saturated heterocycles. The third-order valence-corrected chi connectivity index (χ3v) is 4.88. The molecule has 1 aromatic heterocycles. The smallest absolute Gasteiger partial charge is 0.275 e. The summed E-state index contributed by atoms with van der Waals surface area (Å²) < 4.78 is 1.61. The van der Waals surface area contributed by atoms with E-state index in [2.05, 4.69) is 15.6 Å². The normalized spacial score (nSPS) is 11.2. The van der Waals surface area contributed by atoms with Crippen molar-refractivity contribution in [2.24, 2.45) is 5.10 Å². The maximum Gasteiger partial charge on any atom is 0.275 e. The first-order chi connectivity index (χ1) is 14.0. The number of amides is 1. The summed E-state index contributed by atoms with van der Waals surface area (Å²) in [5.41, 5.74) is 4.67. The van der Waals surface area contributed by atoms with Gasteiger partial charge in [-0.25, -0.2) is 10.1 Å². The minimum absolute atomic E-state index is 0.109. The molecule has 0 aliphatic carbocycles. The average Bonchev–Trinajstić information content (AvgIpc) is 3.02. The van der Waals surface area contributed by atoms with Crippen LogP contribution in [0.2, 0.25) is 5.15 Å². The van der Waals surface area contributed by atoms with Crippen LogP contribution in [0.4, 0.5) is 0 Å². The van der Waals surface area contributed by atoms with Crippen LogP contribution in [0.5, 0.6) is 5.75 Å². The Morgan fingerprint density at radius 3 is 2.48 bits per heavy atom. The zero-order chi connectivity index (χ0) is 20.4. The van der Waals surface area contributed by atoms with Crippen molar-refractivity contribution in [3.8, 4) is 11.4 Å². The van der Waals surface area contributed by atoms with Crippen LogP contribution in [0, 0.1) is 6.92 Å². The van der Waals surface area contributed by atoms with Crippen molar-refractivity contribution in [2.75, 3.05) is 0 Å². The second kappa shape index (κ2) is 7.77. The molecule has 0 saturated carbocycles. The molecule has 4 rings (SSSR count). The van der Waals surface area contributed by atoms with Gasteiger partial charge in [-0.05, 0) is 42.0 Å². The lowest BCUT2D eigenvalue weighted by atomic mass is 10.1. The summed E-state index contributed by atoms with van der Waals surface area (Å²) in [6.45, 7) is 1.81. The maximum atomic E-state index is 12.5. The molecular formula is C22H17ClN4O2. The molecule has 0 aliphatic rings. The van der Waals surface area contributed by atoms with Crippen molar-refractivity contribution in [1.82, 2.24) is 15.2 Å². The van der Waals surface area contributed by atoms with E-state index in [1.807, 2.05) is 61.5 Å². The first kappa shape index (κ1) is 18.7. The van der Waals surface area contributed by atoms with E-state index in [9.17, 15) is 9.90 Å². The van der Waals surface area contributed by atoms with Gasteiger partial charge in [0.05, 0.1) is 28.7 Å². The molecule has 4 aromatic rings. The maximum absolute atomic E-state index is 12.5. The lowest BCUT2D eigenvalue weighted by Gasteiger charge is -2.05. The highest BCUT2D eigenvalue weighted by atomic mass is 35.5. The Bertz CT molecular complexity index is 1230. The number of carbonyl (C=O) groups excluding carboxylic acids is 1. The number of para-hydroxylation sites is 1. The Morgan fingerprint density at radius 2 is 1.76 bits per heavy atom. The molecule has 3 aromatic carbocycles. The Kier molecular flexibility index (Phi) is 5.01. The zero-order valence-electron chi connectivity index (χ0n) is 15.5. The number of phenols is 1. The molecule has 0 atom stereocenters. The van der Waals surface area contributed by atoms with Gasteiger partial charge >= 0.3 is 0 Å². The fourth-order valence-corrected chi connectivity index (χ4v) is 3.34. The van der Waals surface area contributed by atoms with Crippen LogP contribution in [-0.2, 0) is 0 Å². The summed E-state index contributed by atoms with van der Waals surface area (Å²) in [6, 6.07) is 20.1. The largest absolute Gasteiger partial charge is 0.507 e. The van der Waals surface area contributed by atoms with Gasteiger partial charge in [0.2, 0.25) is 0 Å². The fourth-order valence-electron chi connectivity index (χ4n) is 3.02. The van der Waals surface area contributed by atoms with Crippen molar-refractivity contribution >= 4 is 34.5 Å². The van der Waals surface area contributed by atoms with E-state index in [1.54, 1.807) is 16.8 Å². The number of nitrogens with one attached hydrogen (secondary N) is 1. The van der Waals surface area contributed by atoms with Gasteiger partial charge in [-0.1, -0.05) is 54.1 Å². The van der Waals surface area contributed by atoms with Gasteiger partial charge in [-0.3, -0.25) is 4.79 Å². The Hall–Kier alpha value is -3.64. The highest BCUT2D eigenvalue weighted by Gasteiger charge is 2.14. The van der Waals surface area contributed by atoms with E-state index in [4.69, 9.17) is 11.6 Å². The third-order valence-electron chi connectivity index (χ3n) is 4.52. The summed E-state index contributed by atoms with van der Waals surface area (Å²) in [5.74, 6) is -0.628. The molecule has 144 valence electrons. The highest BCUT2D eigenvalue weighted by molar-refractivity contribution is 6.32. The number of aromatic hydroxyl groups is 1.